The lowest BCUT2D eigenvalue weighted by atomic mass is 9.96. The topological polar surface area (TPSA) is 16.4 Å². The molecule has 11 rings (SSSR count). The fourth-order valence-corrected chi connectivity index (χ4v) is 9.91. The quantitative estimate of drug-likeness (QED) is 0.185. The van der Waals surface area contributed by atoms with Crippen molar-refractivity contribution in [1.29, 1.82) is 0 Å². The predicted octanol–water partition coefficient (Wildman–Crippen LogP) is 14.6. The summed E-state index contributed by atoms with van der Waals surface area (Å²) in [5, 5.41) is 9.80. The third-order valence-corrected chi connectivity index (χ3v) is 12.4. The molecule has 234 valence electrons. The van der Waals surface area contributed by atoms with Gasteiger partial charge in [-0.2, -0.15) is 0 Å². The van der Waals surface area contributed by atoms with E-state index >= 15 is 0 Å². The summed E-state index contributed by atoms with van der Waals surface area (Å²) in [6, 6.07) is 59.6. The van der Waals surface area contributed by atoms with Gasteiger partial charge in [-0.15, -0.1) is 22.7 Å². The van der Waals surface area contributed by atoms with E-state index in [0.29, 0.717) is 0 Å². The van der Waals surface area contributed by atoms with Crippen LogP contribution in [0.1, 0.15) is 0 Å². The number of hydrogen-bond acceptors (Lipinski definition) is 4. The summed E-state index contributed by atoms with van der Waals surface area (Å²) in [6.45, 7) is 0. The van der Waals surface area contributed by atoms with Gasteiger partial charge in [-0.25, -0.2) is 0 Å². The fourth-order valence-electron chi connectivity index (χ4n) is 7.74. The first-order valence-electron chi connectivity index (χ1n) is 16.8. The highest BCUT2D eigenvalue weighted by molar-refractivity contribution is 7.26. The van der Waals surface area contributed by atoms with Crippen LogP contribution in [0.4, 0.5) is 17.1 Å². The molecule has 50 heavy (non-hydrogen) atoms. The minimum atomic E-state index is 0.918. The highest BCUT2D eigenvalue weighted by atomic mass is 32.1. The molecule has 0 fully saturated rings. The standard InChI is InChI=1S/C46H27NOS2/c1-4-13-40-34(9-1)37-23-18-29-8-7-12-33(45(29)46(37)48-40)28-16-19-30(20-17-28)47(31-21-24-43-38(26-31)35-10-2-5-14-41(35)49-43)32-22-25-44-39(27-32)36-11-3-6-15-42(36)50-44/h1-27H. The van der Waals surface area contributed by atoms with Crippen molar-refractivity contribution in [2.24, 2.45) is 0 Å². The van der Waals surface area contributed by atoms with Crippen molar-refractivity contribution in [3.63, 3.8) is 0 Å². The molecule has 0 amide bonds. The van der Waals surface area contributed by atoms with Gasteiger partial charge in [0, 0.05) is 73.6 Å². The second-order valence-corrected chi connectivity index (χ2v) is 15.1. The van der Waals surface area contributed by atoms with Gasteiger partial charge in [0.1, 0.15) is 11.2 Å². The van der Waals surface area contributed by atoms with E-state index in [1.54, 1.807) is 0 Å². The minimum Gasteiger partial charge on any atom is -0.455 e. The molecule has 0 spiro atoms. The molecular weight excluding hydrogens is 647 g/mol. The van der Waals surface area contributed by atoms with Crippen LogP contribution in [0.5, 0.6) is 0 Å². The van der Waals surface area contributed by atoms with Gasteiger partial charge < -0.3 is 9.32 Å². The molecule has 0 unspecified atom stereocenters. The van der Waals surface area contributed by atoms with Crippen LogP contribution in [0.2, 0.25) is 0 Å². The lowest BCUT2D eigenvalue weighted by Gasteiger charge is -2.26. The molecule has 0 radical (unpaired) electrons. The Morgan fingerprint density at radius 2 is 0.980 bits per heavy atom. The first-order valence-corrected chi connectivity index (χ1v) is 18.5. The Hall–Kier alpha value is -5.94. The Morgan fingerprint density at radius 3 is 1.66 bits per heavy atom. The van der Waals surface area contributed by atoms with Crippen LogP contribution in [0.25, 0.3) is 84.2 Å². The van der Waals surface area contributed by atoms with Crippen LogP contribution < -0.4 is 4.90 Å². The van der Waals surface area contributed by atoms with Crippen molar-refractivity contribution in [2.45, 2.75) is 0 Å². The number of thiophene rings is 2. The molecule has 0 N–H and O–H groups in total. The molecule has 3 aromatic heterocycles. The zero-order valence-electron chi connectivity index (χ0n) is 26.8. The predicted molar refractivity (Wildman–Crippen MR) is 217 cm³/mol. The van der Waals surface area contributed by atoms with Crippen LogP contribution in [0.3, 0.4) is 0 Å². The number of nitrogens with zero attached hydrogens (tertiary/aromatic N) is 1. The molecule has 0 saturated heterocycles. The molecule has 0 saturated carbocycles. The third kappa shape index (κ3) is 4.19. The Balaban J connectivity index is 1.10. The van der Waals surface area contributed by atoms with Crippen molar-refractivity contribution in [1.82, 2.24) is 0 Å². The van der Waals surface area contributed by atoms with Gasteiger partial charge in [-0.1, -0.05) is 91.0 Å². The lowest BCUT2D eigenvalue weighted by molar-refractivity contribution is 0.673. The molecule has 0 atom stereocenters. The summed E-state index contributed by atoms with van der Waals surface area (Å²) in [4.78, 5) is 2.40. The SMILES string of the molecule is c1cc(-c2ccc(N(c3ccc4sc5ccccc5c4c3)c3ccc4sc5ccccc5c4c3)cc2)c2c(c1)ccc1c3ccccc3oc12. The van der Waals surface area contributed by atoms with Gasteiger partial charge in [0.25, 0.3) is 0 Å². The summed E-state index contributed by atoms with van der Waals surface area (Å²) in [5.74, 6) is 0. The Labute approximate surface area is 295 Å². The van der Waals surface area contributed by atoms with Crippen LogP contribution in [0, 0.1) is 0 Å². The summed E-state index contributed by atoms with van der Waals surface area (Å²) >= 11 is 3.71. The smallest absolute Gasteiger partial charge is 0.143 e. The van der Waals surface area contributed by atoms with Gasteiger partial charge in [0.15, 0.2) is 0 Å². The maximum Gasteiger partial charge on any atom is 0.143 e. The Kier molecular flexibility index (Phi) is 6.03. The van der Waals surface area contributed by atoms with Crippen LogP contribution in [0.15, 0.2) is 168 Å². The molecule has 4 heteroatoms. The largest absolute Gasteiger partial charge is 0.455 e. The maximum absolute atomic E-state index is 6.52. The number of anilines is 3. The highest BCUT2D eigenvalue weighted by Crippen LogP contribution is 2.44. The van der Waals surface area contributed by atoms with Crippen molar-refractivity contribution >= 4 is 113 Å². The van der Waals surface area contributed by atoms with E-state index in [1.165, 1.54) is 51.3 Å². The molecule has 2 nitrogen and oxygen atoms in total. The van der Waals surface area contributed by atoms with Gasteiger partial charge in [0.05, 0.1) is 0 Å². The van der Waals surface area contributed by atoms with Crippen LogP contribution in [-0.2, 0) is 0 Å². The van der Waals surface area contributed by atoms with Gasteiger partial charge in [-0.3, -0.25) is 0 Å². The van der Waals surface area contributed by atoms with Crippen LogP contribution >= 0.6 is 22.7 Å². The van der Waals surface area contributed by atoms with E-state index in [1.807, 2.05) is 28.7 Å². The minimum absolute atomic E-state index is 0.918. The van der Waals surface area contributed by atoms with E-state index in [2.05, 4.69) is 163 Å². The van der Waals surface area contributed by atoms with E-state index in [4.69, 9.17) is 4.42 Å². The van der Waals surface area contributed by atoms with Gasteiger partial charge in [-0.05, 0) is 89.3 Å². The number of fused-ring (bicyclic) bond motifs is 11. The van der Waals surface area contributed by atoms with Gasteiger partial charge in [0.2, 0.25) is 0 Å². The first kappa shape index (κ1) is 28.0. The summed E-state index contributed by atoms with van der Waals surface area (Å²) in [5.41, 5.74) is 7.58. The third-order valence-electron chi connectivity index (χ3n) is 10.1. The molecule has 0 bridgehead atoms. The number of rotatable bonds is 4. The van der Waals surface area contributed by atoms with Crippen LogP contribution in [-0.4, -0.2) is 0 Å². The summed E-state index contributed by atoms with van der Waals surface area (Å²) in [6.07, 6.45) is 0. The molecule has 0 aliphatic carbocycles. The van der Waals surface area contributed by atoms with E-state index < -0.39 is 0 Å². The molecule has 11 aromatic rings. The fraction of sp³-hybridized carbons (Fsp3) is 0. The summed E-state index contributed by atoms with van der Waals surface area (Å²) < 4.78 is 11.8. The van der Waals surface area contributed by atoms with Crippen molar-refractivity contribution < 1.29 is 4.42 Å². The molecule has 0 aliphatic rings. The average molecular weight is 674 g/mol. The second-order valence-electron chi connectivity index (χ2n) is 12.9. The number of benzene rings is 8. The number of furan rings is 1. The first-order chi connectivity index (χ1) is 24.8. The van der Waals surface area contributed by atoms with Crippen molar-refractivity contribution in [3.8, 4) is 11.1 Å². The highest BCUT2D eigenvalue weighted by Gasteiger charge is 2.18. The second kappa shape index (κ2) is 10.8. The molecular formula is C46H27NOS2. The number of hydrogen-bond donors (Lipinski definition) is 0. The molecule has 3 heterocycles. The van der Waals surface area contributed by atoms with Gasteiger partial charge >= 0.3 is 0 Å². The zero-order chi connectivity index (χ0) is 32.8. The summed E-state index contributed by atoms with van der Waals surface area (Å²) in [7, 11) is 0. The van der Waals surface area contributed by atoms with E-state index in [-0.39, 0.29) is 0 Å². The molecule has 8 aromatic carbocycles. The average Bonchev–Trinajstić information content (AvgIpc) is 3.86. The zero-order valence-corrected chi connectivity index (χ0v) is 28.4. The van der Waals surface area contributed by atoms with E-state index in [0.717, 1.165) is 50.0 Å². The Morgan fingerprint density at radius 1 is 0.400 bits per heavy atom. The van der Waals surface area contributed by atoms with Crippen molar-refractivity contribution in [3.05, 3.63) is 164 Å². The van der Waals surface area contributed by atoms with Crippen molar-refractivity contribution in [2.75, 3.05) is 4.90 Å². The lowest BCUT2D eigenvalue weighted by Crippen LogP contribution is -2.09. The van der Waals surface area contributed by atoms with E-state index in [9.17, 15) is 0 Å². The monoisotopic (exact) mass is 673 g/mol. The maximum atomic E-state index is 6.52. The normalized spacial score (nSPS) is 12.0. The molecule has 0 aliphatic heterocycles. The number of para-hydroxylation sites is 1. The Bertz CT molecular complexity index is 2990.